The van der Waals surface area contributed by atoms with Crippen molar-refractivity contribution < 1.29 is 13.2 Å². The van der Waals surface area contributed by atoms with Gasteiger partial charge in [-0.15, -0.1) is 0 Å². The molecule has 2 aromatic carbocycles. The third-order valence-electron chi connectivity index (χ3n) is 7.31. The van der Waals surface area contributed by atoms with E-state index in [-0.39, 0.29) is 5.92 Å². The van der Waals surface area contributed by atoms with Crippen LogP contribution in [-0.4, -0.2) is 37.6 Å². The van der Waals surface area contributed by atoms with Gasteiger partial charge >= 0.3 is 6.18 Å². The number of halogens is 3. The van der Waals surface area contributed by atoms with E-state index in [0.29, 0.717) is 11.8 Å². The monoisotopic (exact) mass is 532 g/mol. The molecule has 2 nitrogen and oxygen atoms in total. The lowest BCUT2D eigenvalue weighted by molar-refractivity contribution is -0.137. The number of aryl methyl sites for hydroxylation is 1. The van der Waals surface area contributed by atoms with Crippen molar-refractivity contribution >= 4 is 0 Å². The highest BCUT2D eigenvalue weighted by Gasteiger charge is 2.31. The molecule has 0 bridgehead atoms. The minimum Gasteiger partial charge on any atom is -0.316 e. The molecular formula is C33H51F3N2. The molecule has 0 aliphatic rings. The van der Waals surface area contributed by atoms with E-state index >= 15 is 0 Å². The molecule has 5 heteroatoms. The van der Waals surface area contributed by atoms with Crippen LogP contribution in [0.1, 0.15) is 95.8 Å². The summed E-state index contributed by atoms with van der Waals surface area (Å²) < 4.78 is 39.6. The van der Waals surface area contributed by atoms with Gasteiger partial charge in [-0.05, 0) is 125 Å². The van der Waals surface area contributed by atoms with Crippen LogP contribution in [0.5, 0.6) is 0 Å². The first-order valence-electron chi connectivity index (χ1n) is 14.6. The van der Waals surface area contributed by atoms with Crippen molar-refractivity contribution in [3.63, 3.8) is 0 Å². The Labute approximate surface area is 231 Å². The van der Waals surface area contributed by atoms with Crippen LogP contribution in [0.15, 0.2) is 42.5 Å². The number of hydrogen-bond donors (Lipinski definition) is 1. The normalized spacial score (nSPS) is 13.8. The molecule has 0 saturated heterocycles. The van der Waals surface area contributed by atoms with Crippen LogP contribution < -0.4 is 5.32 Å². The number of nitrogens with zero attached hydrogens (tertiary/aromatic N) is 1. The van der Waals surface area contributed by atoms with Gasteiger partial charge in [0.05, 0.1) is 5.56 Å². The summed E-state index contributed by atoms with van der Waals surface area (Å²) in [6, 6.07) is 17.2. The van der Waals surface area contributed by atoms with Crippen LogP contribution >= 0.6 is 0 Å². The second-order valence-corrected chi connectivity index (χ2v) is 10.6. The molecule has 3 unspecified atom stereocenters. The Kier molecular flexibility index (Phi) is 17.1. The Morgan fingerprint density at radius 2 is 1.55 bits per heavy atom. The highest BCUT2D eigenvalue weighted by Crippen LogP contribution is 2.37. The Hall–Kier alpha value is -2.03. The van der Waals surface area contributed by atoms with Crippen molar-refractivity contribution in [2.45, 2.75) is 92.2 Å². The topological polar surface area (TPSA) is 15.3 Å². The fourth-order valence-corrected chi connectivity index (χ4v) is 5.02. The van der Waals surface area contributed by atoms with E-state index in [1.165, 1.54) is 44.5 Å². The molecule has 0 aromatic heterocycles. The molecule has 0 heterocycles. The second kappa shape index (κ2) is 19.1. The predicted molar refractivity (Wildman–Crippen MR) is 155 cm³/mol. The number of alkyl halides is 3. The summed E-state index contributed by atoms with van der Waals surface area (Å²) in [7, 11) is 0. The van der Waals surface area contributed by atoms with Gasteiger partial charge in [0.25, 0.3) is 0 Å². The van der Waals surface area contributed by atoms with Gasteiger partial charge in [0.15, 0.2) is 0 Å². The lowest BCUT2D eigenvalue weighted by atomic mass is 9.79. The first kappa shape index (κ1) is 34.0. The summed E-state index contributed by atoms with van der Waals surface area (Å²) in [5.74, 6) is 1.10. The number of benzene rings is 1. The first-order chi connectivity index (χ1) is 18.1. The zero-order valence-corrected chi connectivity index (χ0v) is 24.6. The molecule has 0 amide bonds. The van der Waals surface area contributed by atoms with Crippen molar-refractivity contribution in [2.75, 3.05) is 32.7 Å². The van der Waals surface area contributed by atoms with Gasteiger partial charge in [-0.1, -0.05) is 71.4 Å². The Balaban J connectivity index is 0.00000105. The van der Waals surface area contributed by atoms with E-state index in [1.807, 2.05) is 31.2 Å². The highest BCUT2D eigenvalue weighted by atomic mass is 19.4. The molecule has 0 radical (unpaired) electrons. The summed E-state index contributed by atoms with van der Waals surface area (Å²) >= 11 is 0. The van der Waals surface area contributed by atoms with Crippen LogP contribution in [0, 0.1) is 30.9 Å². The van der Waals surface area contributed by atoms with E-state index < -0.39 is 11.7 Å². The maximum Gasteiger partial charge on any atom is 0.416 e. The van der Waals surface area contributed by atoms with E-state index in [1.54, 1.807) is 6.07 Å². The molecule has 38 heavy (non-hydrogen) atoms. The fourth-order valence-electron chi connectivity index (χ4n) is 5.02. The number of nitrogens with one attached hydrogen (secondary N) is 1. The quantitative estimate of drug-likeness (QED) is 0.217. The first-order valence-corrected chi connectivity index (χ1v) is 14.6. The fraction of sp³-hybridized carbons (Fsp3) is 0.636. The molecule has 0 aliphatic carbocycles. The van der Waals surface area contributed by atoms with Crippen LogP contribution in [0.2, 0.25) is 0 Å². The molecule has 2 aromatic rings. The third-order valence-corrected chi connectivity index (χ3v) is 7.31. The molecule has 0 aliphatic heterocycles. The van der Waals surface area contributed by atoms with E-state index in [9.17, 15) is 13.2 Å². The van der Waals surface area contributed by atoms with Crippen molar-refractivity contribution in [3.05, 3.63) is 71.3 Å². The van der Waals surface area contributed by atoms with Crippen LogP contribution in [0.4, 0.5) is 13.2 Å². The maximum atomic E-state index is 13.2. The number of hydrogen-bond acceptors (Lipinski definition) is 2. The molecule has 0 saturated carbocycles. The highest BCUT2D eigenvalue weighted by molar-refractivity contribution is 5.35. The maximum absolute atomic E-state index is 13.2. The SMILES string of the molecule is CCCN(CCC)CCCNCC(C)CCC(CC)C(C)c1cc(C(F)(F)F)ccc1C.c1ccccc#1. The lowest BCUT2D eigenvalue weighted by Crippen LogP contribution is -2.30. The molecular weight excluding hydrogens is 481 g/mol. The van der Waals surface area contributed by atoms with E-state index in [2.05, 4.69) is 57.0 Å². The third kappa shape index (κ3) is 13.7. The summed E-state index contributed by atoms with van der Waals surface area (Å²) in [4.78, 5) is 2.55. The van der Waals surface area contributed by atoms with Crippen molar-refractivity contribution in [1.82, 2.24) is 10.2 Å². The molecule has 0 spiro atoms. The van der Waals surface area contributed by atoms with Gasteiger partial charge in [-0.3, -0.25) is 0 Å². The number of rotatable bonds is 16. The smallest absolute Gasteiger partial charge is 0.316 e. The lowest BCUT2D eigenvalue weighted by Gasteiger charge is -2.27. The van der Waals surface area contributed by atoms with Crippen molar-refractivity contribution in [1.29, 1.82) is 0 Å². The standard InChI is InChI=1S/C27H47F3N2.C6H4/c1-7-16-32(17-8-2)18-10-15-31-20-21(4)11-13-24(9-3)23(6)26-19-25(27(28,29)30)14-12-22(26)5;1-2-4-6-5-3-1/h12,14,19,21,23-24,31H,7-11,13,15-18,20H2,1-6H3;1-4H. The van der Waals surface area contributed by atoms with Crippen molar-refractivity contribution in [3.8, 4) is 0 Å². The van der Waals surface area contributed by atoms with Gasteiger partial charge in [-0.2, -0.15) is 13.2 Å². The summed E-state index contributed by atoms with van der Waals surface area (Å²) in [5, 5.41) is 3.61. The second-order valence-electron chi connectivity index (χ2n) is 10.6. The zero-order valence-electron chi connectivity index (χ0n) is 24.6. The van der Waals surface area contributed by atoms with E-state index in [4.69, 9.17) is 0 Å². The van der Waals surface area contributed by atoms with E-state index in [0.717, 1.165) is 50.0 Å². The summed E-state index contributed by atoms with van der Waals surface area (Å²) in [5.41, 5.74) is 1.27. The summed E-state index contributed by atoms with van der Waals surface area (Å²) in [6.07, 6.45) is 2.46. The molecule has 2 rings (SSSR count). The van der Waals surface area contributed by atoms with Gasteiger partial charge in [0.1, 0.15) is 0 Å². The predicted octanol–water partition coefficient (Wildman–Crippen LogP) is 8.95. The van der Waals surface area contributed by atoms with Crippen LogP contribution in [0.3, 0.4) is 0 Å². The van der Waals surface area contributed by atoms with Gasteiger partial charge in [0, 0.05) is 0 Å². The zero-order chi connectivity index (χ0) is 28.4. The van der Waals surface area contributed by atoms with Gasteiger partial charge in [0.2, 0.25) is 0 Å². The molecule has 1 N–H and O–H groups in total. The van der Waals surface area contributed by atoms with Gasteiger partial charge in [-0.25, -0.2) is 0 Å². The minimum atomic E-state index is -4.28. The summed E-state index contributed by atoms with van der Waals surface area (Å²) in [6.45, 7) is 18.5. The molecule has 0 fully saturated rings. The Bertz CT molecular complexity index is 805. The van der Waals surface area contributed by atoms with Crippen LogP contribution in [0.25, 0.3) is 0 Å². The largest absolute Gasteiger partial charge is 0.416 e. The Morgan fingerprint density at radius 3 is 2.05 bits per heavy atom. The Morgan fingerprint density at radius 1 is 0.921 bits per heavy atom. The average Bonchev–Trinajstić information content (AvgIpc) is 2.90. The minimum absolute atomic E-state index is 0.130. The molecule has 214 valence electrons. The average molecular weight is 533 g/mol. The van der Waals surface area contributed by atoms with Gasteiger partial charge < -0.3 is 10.2 Å². The van der Waals surface area contributed by atoms with Crippen LogP contribution in [-0.2, 0) is 6.18 Å². The molecule has 3 atom stereocenters. The van der Waals surface area contributed by atoms with Crippen molar-refractivity contribution in [2.24, 2.45) is 11.8 Å².